The summed E-state index contributed by atoms with van der Waals surface area (Å²) in [5, 5.41) is 8.16. The quantitative estimate of drug-likeness (QED) is 0.395. The predicted molar refractivity (Wildman–Crippen MR) is 135 cm³/mol. The number of carbonyl (C=O) groups excluding carboxylic acids is 2. The van der Waals surface area contributed by atoms with E-state index in [4.69, 9.17) is 4.74 Å². The van der Waals surface area contributed by atoms with Gasteiger partial charge in [0.25, 0.3) is 0 Å². The molecule has 0 aliphatic rings. The molecule has 0 aromatic heterocycles. The van der Waals surface area contributed by atoms with Gasteiger partial charge in [-0.2, -0.15) is 0 Å². The summed E-state index contributed by atoms with van der Waals surface area (Å²) in [5.41, 5.74) is 2.85. The molecular formula is C29H28N2O3. The van der Waals surface area contributed by atoms with E-state index in [0.29, 0.717) is 13.0 Å². The normalized spacial score (nSPS) is 11.6. The lowest BCUT2D eigenvalue weighted by Gasteiger charge is -2.19. The van der Waals surface area contributed by atoms with E-state index >= 15 is 0 Å². The van der Waals surface area contributed by atoms with Crippen molar-refractivity contribution in [1.82, 2.24) is 10.6 Å². The van der Waals surface area contributed by atoms with Gasteiger partial charge in [-0.3, -0.25) is 9.59 Å². The van der Waals surface area contributed by atoms with E-state index < -0.39 is 6.04 Å². The Hall–Kier alpha value is -4.12. The first-order chi connectivity index (χ1) is 16.6. The van der Waals surface area contributed by atoms with Gasteiger partial charge in [-0.15, -0.1) is 0 Å². The molecule has 1 atom stereocenters. The Labute approximate surface area is 199 Å². The topological polar surface area (TPSA) is 67.4 Å². The van der Waals surface area contributed by atoms with Crippen LogP contribution in [0.25, 0.3) is 10.8 Å². The maximum atomic E-state index is 13.1. The van der Waals surface area contributed by atoms with Crippen LogP contribution in [0.1, 0.15) is 16.7 Å². The molecule has 0 radical (unpaired) electrons. The van der Waals surface area contributed by atoms with Crippen molar-refractivity contribution >= 4 is 22.6 Å². The van der Waals surface area contributed by atoms with E-state index in [-0.39, 0.29) is 18.2 Å². The summed E-state index contributed by atoms with van der Waals surface area (Å²) in [7, 11) is 1.60. The SMILES string of the molecule is COc1ccc(CC(=O)NC(Cc2ccc3ccccc3c2)C(=O)NCc2ccccc2)cc1. The van der Waals surface area contributed by atoms with Crippen LogP contribution in [0.2, 0.25) is 0 Å². The molecule has 0 saturated carbocycles. The van der Waals surface area contributed by atoms with Crippen LogP contribution in [0.15, 0.2) is 97.1 Å². The molecule has 0 aliphatic heterocycles. The summed E-state index contributed by atoms with van der Waals surface area (Å²) in [4.78, 5) is 25.9. The fraction of sp³-hybridized carbons (Fsp3) is 0.172. The van der Waals surface area contributed by atoms with Gasteiger partial charge in [0.1, 0.15) is 11.8 Å². The number of carbonyl (C=O) groups is 2. The van der Waals surface area contributed by atoms with Gasteiger partial charge >= 0.3 is 0 Å². The minimum Gasteiger partial charge on any atom is -0.497 e. The third-order valence-corrected chi connectivity index (χ3v) is 5.74. The van der Waals surface area contributed by atoms with Gasteiger partial charge in [0.2, 0.25) is 11.8 Å². The van der Waals surface area contributed by atoms with Gasteiger partial charge in [0, 0.05) is 13.0 Å². The summed E-state index contributed by atoms with van der Waals surface area (Å²) < 4.78 is 5.18. The van der Waals surface area contributed by atoms with Gasteiger partial charge in [0.05, 0.1) is 13.5 Å². The van der Waals surface area contributed by atoms with Crippen molar-refractivity contribution in [3.05, 3.63) is 114 Å². The van der Waals surface area contributed by atoms with Crippen LogP contribution in [0.4, 0.5) is 0 Å². The van der Waals surface area contributed by atoms with Crippen molar-refractivity contribution in [1.29, 1.82) is 0 Å². The predicted octanol–water partition coefficient (Wildman–Crippen LogP) is 4.43. The van der Waals surface area contributed by atoms with Crippen LogP contribution in [0.3, 0.4) is 0 Å². The largest absolute Gasteiger partial charge is 0.497 e. The van der Waals surface area contributed by atoms with Crippen molar-refractivity contribution in [3.63, 3.8) is 0 Å². The minimum atomic E-state index is -0.685. The highest BCUT2D eigenvalue weighted by atomic mass is 16.5. The number of ether oxygens (including phenoxy) is 1. The van der Waals surface area contributed by atoms with Crippen LogP contribution in [0, 0.1) is 0 Å². The van der Waals surface area contributed by atoms with Gasteiger partial charge in [-0.1, -0.05) is 84.9 Å². The zero-order valence-electron chi connectivity index (χ0n) is 19.2. The molecule has 4 rings (SSSR count). The lowest BCUT2D eigenvalue weighted by molar-refractivity contribution is -0.128. The Balaban J connectivity index is 1.48. The molecule has 0 heterocycles. The lowest BCUT2D eigenvalue weighted by atomic mass is 10.0. The number of methoxy groups -OCH3 is 1. The minimum absolute atomic E-state index is 0.185. The zero-order valence-corrected chi connectivity index (χ0v) is 19.2. The van der Waals surface area contributed by atoms with E-state index in [1.807, 2.05) is 84.9 Å². The Morgan fingerprint density at radius 1 is 0.765 bits per heavy atom. The molecule has 0 aliphatic carbocycles. The van der Waals surface area contributed by atoms with Crippen molar-refractivity contribution in [2.45, 2.75) is 25.4 Å². The maximum Gasteiger partial charge on any atom is 0.243 e. The van der Waals surface area contributed by atoms with Gasteiger partial charge in [-0.25, -0.2) is 0 Å². The number of fused-ring (bicyclic) bond motifs is 1. The molecule has 0 bridgehead atoms. The van der Waals surface area contributed by atoms with E-state index in [1.54, 1.807) is 7.11 Å². The molecule has 5 heteroatoms. The molecule has 0 fully saturated rings. The average Bonchev–Trinajstić information content (AvgIpc) is 2.88. The maximum absolute atomic E-state index is 13.1. The average molecular weight is 453 g/mol. The molecule has 0 saturated heterocycles. The summed E-state index contributed by atoms with van der Waals surface area (Å²) in [5.74, 6) is 0.324. The molecule has 4 aromatic carbocycles. The summed E-state index contributed by atoms with van der Waals surface area (Å²) >= 11 is 0. The molecule has 4 aromatic rings. The van der Waals surface area contributed by atoms with Crippen molar-refractivity contribution in [2.24, 2.45) is 0 Å². The van der Waals surface area contributed by atoms with Crippen LogP contribution in [-0.2, 0) is 29.0 Å². The van der Waals surface area contributed by atoms with Crippen molar-refractivity contribution < 1.29 is 14.3 Å². The van der Waals surface area contributed by atoms with Crippen LogP contribution < -0.4 is 15.4 Å². The molecular weight excluding hydrogens is 424 g/mol. The first-order valence-corrected chi connectivity index (χ1v) is 11.3. The first kappa shape index (κ1) is 23.1. The number of rotatable bonds is 9. The van der Waals surface area contributed by atoms with Gasteiger partial charge < -0.3 is 15.4 Å². The van der Waals surface area contributed by atoms with Crippen LogP contribution >= 0.6 is 0 Å². The fourth-order valence-electron chi connectivity index (χ4n) is 3.89. The number of benzene rings is 4. The third kappa shape index (κ3) is 6.23. The van der Waals surface area contributed by atoms with Crippen molar-refractivity contribution in [2.75, 3.05) is 7.11 Å². The monoisotopic (exact) mass is 452 g/mol. The second-order valence-corrected chi connectivity index (χ2v) is 8.23. The third-order valence-electron chi connectivity index (χ3n) is 5.74. The molecule has 2 amide bonds. The Bertz CT molecular complexity index is 1250. The Morgan fingerprint density at radius 3 is 2.18 bits per heavy atom. The second-order valence-electron chi connectivity index (χ2n) is 8.23. The van der Waals surface area contributed by atoms with Gasteiger partial charge in [-0.05, 0) is 39.6 Å². The number of hydrogen-bond donors (Lipinski definition) is 2. The van der Waals surface area contributed by atoms with Crippen LogP contribution in [0.5, 0.6) is 5.75 Å². The summed E-state index contributed by atoms with van der Waals surface area (Å²) in [6.45, 7) is 0.405. The lowest BCUT2D eigenvalue weighted by Crippen LogP contribution is -2.48. The van der Waals surface area contributed by atoms with E-state index in [2.05, 4.69) is 22.8 Å². The molecule has 34 heavy (non-hydrogen) atoms. The van der Waals surface area contributed by atoms with Crippen LogP contribution in [-0.4, -0.2) is 25.0 Å². The zero-order chi connectivity index (χ0) is 23.8. The standard InChI is InChI=1S/C29H28N2O3/c1-34-26-15-12-21(13-16-26)19-28(32)31-27(29(33)30-20-22-7-3-2-4-8-22)18-23-11-14-24-9-5-6-10-25(24)17-23/h2-17,27H,18-20H2,1H3,(H,30,33)(H,31,32). The molecule has 5 nitrogen and oxygen atoms in total. The van der Waals surface area contributed by atoms with Crippen molar-refractivity contribution in [3.8, 4) is 5.75 Å². The fourth-order valence-corrected chi connectivity index (χ4v) is 3.89. The smallest absolute Gasteiger partial charge is 0.243 e. The number of amides is 2. The number of nitrogens with one attached hydrogen (secondary N) is 2. The Kier molecular flexibility index (Phi) is 7.56. The second kappa shape index (κ2) is 11.1. The van der Waals surface area contributed by atoms with E-state index in [1.165, 1.54) is 0 Å². The molecule has 172 valence electrons. The molecule has 1 unspecified atom stereocenters. The van der Waals surface area contributed by atoms with E-state index in [9.17, 15) is 9.59 Å². The Morgan fingerprint density at radius 2 is 1.44 bits per heavy atom. The summed E-state index contributed by atoms with van der Waals surface area (Å²) in [6, 6.07) is 30.6. The van der Waals surface area contributed by atoms with E-state index in [0.717, 1.165) is 33.2 Å². The molecule has 2 N–H and O–H groups in total. The number of hydrogen-bond acceptors (Lipinski definition) is 3. The van der Waals surface area contributed by atoms with Gasteiger partial charge in [0.15, 0.2) is 0 Å². The molecule has 0 spiro atoms. The summed E-state index contributed by atoms with van der Waals surface area (Å²) in [6.07, 6.45) is 0.587. The highest BCUT2D eigenvalue weighted by Crippen LogP contribution is 2.17. The highest BCUT2D eigenvalue weighted by Gasteiger charge is 2.21. The first-order valence-electron chi connectivity index (χ1n) is 11.3. The highest BCUT2D eigenvalue weighted by molar-refractivity contribution is 5.89.